The van der Waals surface area contributed by atoms with Crippen molar-refractivity contribution in [3.8, 4) is 11.1 Å². The number of aromatic amines is 1. The van der Waals surface area contributed by atoms with Crippen molar-refractivity contribution >= 4 is 11.8 Å². The van der Waals surface area contributed by atoms with Crippen molar-refractivity contribution in [1.29, 1.82) is 0 Å². The van der Waals surface area contributed by atoms with Crippen LogP contribution in [0.3, 0.4) is 0 Å². The number of rotatable bonds is 5. The summed E-state index contributed by atoms with van der Waals surface area (Å²) in [6.07, 6.45) is 2.10. The third-order valence-electron chi connectivity index (χ3n) is 4.82. The summed E-state index contributed by atoms with van der Waals surface area (Å²) in [5.41, 5.74) is 4.72. The molecule has 1 aromatic heterocycles. The van der Waals surface area contributed by atoms with Crippen molar-refractivity contribution in [2.24, 2.45) is 0 Å². The van der Waals surface area contributed by atoms with Crippen LogP contribution in [0.15, 0.2) is 24.3 Å². The lowest BCUT2D eigenvalue weighted by molar-refractivity contribution is -0.129. The first kappa shape index (κ1) is 18.2. The third-order valence-corrected chi connectivity index (χ3v) is 4.82. The van der Waals surface area contributed by atoms with Gasteiger partial charge < -0.3 is 10.2 Å². The third kappa shape index (κ3) is 3.79. The predicted molar refractivity (Wildman–Crippen MR) is 101 cm³/mol. The molecule has 0 bridgehead atoms. The normalized spacial score (nSPS) is 14.1. The van der Waals surface area contributed by atoms with Crippen LogP contribution >= 0.6 is 0 Å². The minimum absolute atomic E-state index is 0.0110. The van der Waals surface area contributed by atoms with Crippen molar-refractivity contribution in [3.63, 3.8) is 0 Å². The summed E-state index contributed by atoms with van der Waals surface area (Å²) >= 11 is 0. The molecule has 2 N–H and O–H groups in total. The van der Waals surface area contributed by atoms with Gasteiger partial charge in [-0.05, 0) is 43.4 Å². The highest BCUT2D eigenvalue weighted by Crippen LogP contribution is 2.30. The maximum atomic E-state index is 12.3. The van der Waals surface area contributed by atoms with Crippen molar-refractivity contribution in [2.75, 3.05) is 19.6 Å². The smallest absolute Gasteiger partial charge is 0.251 e. The highest BCUT2D eigenvalue weighted by molar-refractivity contribution is 5.97. The quantitative estimate of drug-likeness (QED) is 0.867. The predicted octanol–water partition coefficient (Wildman–Crippen LogP) is 2.86. The molecule has 26 heavy (non-hydrogen) atoms. The van der Waals surface area contributed by atoms with Gasteiger partial charge in [0.2, 0.25) is 5.91 Å². The van der Waals surface area contributed by atoms with E-state index in [1.165, 1.54) is 0 Å². The molecule has 3 rings (SSSR count). The molecule has 138 valence electrons. The fourth-order valence-corrected chi connectivity index (χ4v) is 3.35. The minimum atomic E-state index is -0.225. The maximum Gasteiger partial charge on any atom is 0.251 e. The largest absolute Gasteiger partial charge is 0.343 e. The molecule has 6 nitrogen and oxygen atoms in total. The molecule has 0 radical (unpaired) electrons. The van der Waals surface area contributed by atoms with Gasteiger partial charge in [0.25, 0.3) is 5.91 Å². The number of likely N-dealkylation sites (tertiary alicyclic amines) is 1. The van der Waals surface area contributed by atoms with Gasteiger partial charge in [-0.3, -0.25) is 14.7 Å². The van der Waals surface area contributed by atoms with E-state index < -0.39 is 0 Å². The number of aryl methyl sites for hydroxylation is 1. The van der Waals surface area contributed by atoms with E-state index >= 15 is 0 Å². The van der Waals surface area contributed by atoms with Crippen molar-refractivity contribution < 1.29 is 9.59 Å². The van der Waals surface area contributed by atoms with Gasteiger partial charge >= 0.3 is 0 Å². The van der Waals surface area contributed by atoms with Gasteiger partial charge in [-0.15, -0.1) is 0 Å². The summed E-state index contributed by atoms with van der Waals surface area (Å²) in [4.78, 5) is 26.1. The van der Waals surface area contributed by atoms with E-state index in [2.05, 4.69) is 29.4 Å². The van der Waals surface area contributed by atoms with Crippen molar-refractivity contribution in [2.45, 2.75) is 39.5 Å². The zero-order valence-corrected chi connectivity index (χ0v) is 15.6. The lowest BCUT2D eigenvalue weighted by Gasteiger charge is -2.15. The minimum Gasteiger partial charge on any atom is -0.343 e. The Morgan fingerprint density at radius 1 is 1.19 bits per heavy atom. The van der Waals surface area contributed by atoms with Gasteiger partial charge in [0.05, 0.1) is 12.2 Å². The number of amides is 2. The van der Waals surface area contributed by atoms with Crippen molar-refractivity contribution in [1.82, 2.24) is 20.4 Å². The Kier molecular flexibility index (Phi) is 5.40. The van der Waals surface area contributed by atoms with Crippen LogP contribution in [-0.4, -0.2) is 46.5 Å². The summed E-state index contributed by atoms with van der Waals surface area (Å²) in [5.74, 6) is 0.0784. The molecule has 0 unspecified atom stereocenters. The van der Waals surface area contributed by atoms with Gasteiger partial charge in [0, 0.05) is 29.9 Å². The molecule has 1 aliphatic rings. The molecule has 1 fully saturated rings. The zero-order chi connectivity index (χ0) is 18.7. The molecule has 2 amide bonds. The van der Waals surface area contributed by atoms with E-state index in [9.17, 15) is 9.59 Å². The number of hydrogen-bond acceptors (Lipinski definition) is 3. The number of benzene rings is 1. The second-order valence-electron chi connectivity index (χ2n) is 7.11. The fraction of sp³-hybridized carbons (Fsp3) is 0.450. The molecule has 0 atom stereocenters. The first-order valence-corrected chi connectivity index (χ1v) is 9.18. The number of nitrogens with zero attached hydrogens (tertiary/aromatic N) is 2. The average Bonchev–Trinajstić information content (AvgIpc) is 3.29. The summed E-state index contributed by atoms with van der Waals surface area (Å²) < 4.78 is 0. The maximum absolute atomic E-state index is 12.3. The molecular weight excluding hydrogens is 328 g/mol. The molecule has 0 saturated carbocycles. The lowest BCUT2D eigenvalue weighted by atomic mass is 9.97. The van der Waals surface area contributed by atoms with Gasteiger partial charge in [-0.1, -0.05) is 26.0 Å². The first-order valence-electron chi connectivity index (χ1n) is 9.18. The number of hydrogen-bond donors (Lipinski definition) is 2. The van der Waals surface area contributed by atoms with Crippen LogP contribution in [0, 0.1) is 6.92 Å². The molecule has 6 heteroatoms. The van der Waals surface area contributed by atoms with Crippen LogP contribution in [0.1, 0.15) is 54.4 Å². The lowest BCUT2D eigenvalue weighted by Crippen LogP contribution is -2.38. The number of H-pyrrole nitrogens is 1. The Labute approximate surface area is 154 Å². The topological polar surface area (TPSA) is 78.1 Å². The van der Waals surface area contributed by atoms with Crippen molar-refractivity contribution in [3.05, 3.63) is 41.2 Å². The fourth-order valence-electron chi connectivity index (χ4n) is 3.35. The molecule has 0 aliphatic carbocycles. The first-order chi connectivity index (χ1) is 12.5. The molecule has 1 saturated heterocycles. The summed E-state index contributed by atoms with van der Waals surface area (Å²) in [6.45, 7) is 7.87. The van der Waals surface area contributed by atoms with Crippen LogP contribution in [-0.2, 0) is 4.79 Å². The van der Waals surface area contributed by atoms with E-state index in [1.54, 1.807) is 17.0 Å². The van der Waals surface area contributed by atoms with Crippen LogP contribution in [0.25, 0.3) is 11.1 Å². The van der Waals surface area contributed by atoms with Crippen LogP contribution in [0.5, 0.6) is 0 Å². The molecule has 2 aromatic rings. The Morgan fingerprint density at radius 3 is 2.46 bits per heavy atom. The highest BCUT2D eigenvalue weighted by atomic mass is 16.2. The van der Waals surface area contributed by atoms with Crippen LogP contribution in [0.4, 0.5) is 0 Å². The van der Waals surface area contributed by atoms with E-state index in [0.717, 1.165) is 48.4 Å². The van der Waals surface area contributed by atoms with E-state index in [1.807, 2.05) is 19.1 Å². The number of nitrogens with one attached hydrogen (secondary N) is 2. The Hall–Kier alpha value is -2.63. The molecule has 1 aromatic carbocycles. The van der Waals surface area contributed by atoms with Gasteiger partial charge in [0.15, 0.2) is 0 Å². The summed E-state index contributed by atoms with van der Waals surface area (Å²) in [6, 6.07) is 7.45. The highest BCUT2D eigenvalue weighted by Gasteiger charge is 2.19. The Morgan fingerprint density at radius 2 is 1.85 bits per heavy atom. The van der Waals surface area contributed by atoms with E-state index in [4.69, 9.17) is 0 Å². The second-order valence-corrected chi connectivity index (χ2v) is 7.11. The molecule has 2 heterocycles. The average molecular weight is 354 g/mol. The van der Waals surface area contributed by atoms with E-state index in [-0.39, 0.29) is 18.4 Å². The SMILES string of the molecule is Cc1[nH]nc(C(C)C)c1-c1ccc(C(=O)NCC(=O)N2CCCC2)cc1. The molecule has 0 spiro atoms. The van der Waals surface area contributed by atoms with Gasteiger partial charge in [-0.2, -0.15) is 5.10 Å². The summed E-state index contributed by atoms with van der Waals surface area (Å²) in [5, 5.41) is 10.2. The number of carbonyl (C=O) groups is 2. The Balaban J connectivity index is 1.66. The monoisotopic (exact) mass is 354 g/mol. The second kappa shape index (κ2) is 7.72. The Bertz CT molecular complexity index is 787. The van der Waals surface area contributed by atoms with E-state index in [0.29, 0.717) is 11.5 Å². The van der Waals surface area contributed by atoms with Crippen LogP contribution < -0.4 is 5.32 Å². The molecular formula is C20H26N4O2. The van der Waals surface area contributed by atoms with Gasteiger partial charge in [0.1, 0.15) is 0 Å². The van der Waals surface area contributed by atoms with Crippen LogP contribution in [0.2, 0.25) is 0 Å². The number of aromatic nitrogens is 2. The zero-order valence-electron chi connectivity index (χ0n) is 15.6. The standard InChI is InChI=1S/C20H26N4O2/c1-13(2)19-18(14(3)22-23-19)15-6-8-16(9-7-15)20(26)21-12-17(25)24-10-4-5-11-24/h6-9,13H,4-5,10-12H2,1-3H3,(H,21,26)(H,22,23). The summed E-state index contributed by atoms with van der Waals surface area (Å²) in [7, 11) is 0. The van der Waals surface area contributed by atoms with Gasteiger partial charge in [-0.25, -0.2) is 0 Å². The molecule has 1 aliphatic heterocycles. The number of carbonyl (C=O) groups excluding carboxylic acids is 2.